The van der Waals surface area contributed by atoms with Crippen molar-refractivity contribution in [3.05, 3.63) is 29.6 Å². The molecule has 1 fully saturated rings. The molecular formula is C13H17FN2O2. The lowest BCUT2D eigenvalue weighted by molar-refractivity contribution is 0.0874. The first-order chi connectivity index (χ1) is 8.56. The monoisotopic (exact) mass is 252 g/mol. The molecule has 5 heteroatoms. The van der Waals surface area contributed by atoms with Crippen molar-refractivity contribution < 1.29 is 14.3 Å². The molecular weight excluding hydrogens is 235 g/mol. The number of aromatic hydroxyl groups is 1. The Balaban J connectivity index is 1.99. The molecule has 18 heavy (non-hydrogen) atoms. The van der Waals surface area contributed by atoms with E-state index in [1.165, 1.54) is 12.1 Å². The van der Waals surface area contributed by atoms with Gasteiger partial charge in [-0.3, -0.25) is 9.69 Å². The molecule has 0 spiro atoms. The van der Waals surface area contributed by atoms with Crippen LogP contribution in [0.1, 0.15) is 10.4 Å². The van der Waals surface area contributed by atoms with Crippen molar-refractivity contribution in [2.75, 3.05) is 39.8 Å². The Bertz CT molecular complexity index is 443. The quantitative estimate of drug-likeness (QED) is 0.814. The highest BCUT2D eigenvalue weighted by atomic mass is 19.1. The van der Waals surface area contributed by atoms with Crippen molar-refractivity contribution in [2.24, 2.45) is 0 Å². The minimum absolute atomic E-state index is 0.169. The first-order valence-electron chi connectivity index (χ1n) is 5.99. The van der Waals surface area contributed by atoms with Crippen LogP contribution in [-0.4, -0.2) is 60.5 Å². The van der Waals surface area contributed by atoms with E-state index in [4.69, 9.17) is 0 Å². The molecule has 0 unspecified atom stereocenters. The van der Waals surface area contributed by atoms with E-state index in [-0.39, 0.29) is 23.6 Å². The molecule has 1 saturated heterocycles. The van der Waals surface area contributed by atoms with Crippen molar-refractivity contribution in [1.29, 1.82) is 0 Å². The average Bonchev–Trinajstić information content (AvgIpc) is 2.32. The smallest absolute Gasteiger partial charge is 0.180 e. The Morgan fingerprint density at radius 3 is 2.61 bits per heavy atom. The van der Waals surface area contributed by atoms with E-state index in [0.29, 0.717) is 0 Å². The van der Waals surface area contributed by atoms with Gasteiger partial charge in [0.2, 0.25) is 0 Å². The van der Waals surface area contributed by atoms with Crippen LogP contribution in [0.2, 0.25) is 0 Å². The number of carbonyl (C=O) groups excluding carboxylic acids is 1. The van der Waals surface area contributed by atoms with E-state index in [1.54, 1.807) is 0 Å². The summed E-state index contributed by atoms with van der Waals surface area (Å²) in [7, 11) is 2.05. The third-order valence-corrected chi connectivity index (χ3v) is 3.22. The molecule has 1 aromatic rings. The van der Waals surface area contributed by atoms with Crippen molar-refractivity contribution in [2.45, 2.75) is 0 Å². The second kappa shape index (κ2) is 5.46. The topological polar surface area (TPSA) is 43.8 Å². The lowest BCUT2D eigenvalue weighted by Gasteiger charge is -2.31. The molecule has 0 aromatic heterocycles. The molecule has 0 amide bonds. The minimum atomic E-state index is -0.538. The second-order valence-corrected chi connectivity index (χ2v) is 4.66. The van der Waals surface area contributed by atoms with Crippen LogP contribution in [0.15, 0.2) is 18.2 Å². The normalized spacial score (nSPS) is 17.9. The average molecular weight is 252 g/mol. The highest BCUT2D eigenvalue weighted by Crippen LogP contribution is 2.19. The van der Waals surface area contributed by atoms with Gasteiger partial charge in [-0.1, -0.05) is 0 Å². The zero-order valence-corrected chi connectivity index (χ0v) is 10.4. The molecule has 0 saturated carbocycles. The lowest BCUT2D eigenvalue weighted by Crippen LogP contribution is -2.46. The number of rotatable bonds is 3. The number of carbonyl (C=O) groups is 1. The van der Waals surface area contributed by atoms with E-state index >= 15 is 0 Å². The zero-order chi connectivity index (χ0) is 13.1. The fourth-order valence-electron chi connectivity index (χ4n) is 2.03. The molecule has 1 N–H and O–H groups in total. The van der Waals surface area contributed by atoms with Crippen LogP contribution >= 0.6 is 0 Å². The molecule has 1 aliphatic heterocycles. The van der Waals surface area contributed by atoms with Crippen molar-refractivity contribution in [3.63, 3.8) is 0 Å². The molecule has 1 aliphatic rings. The third-order valence-electron chi connectivity index (χ3n) is 3.22. The maximum Gasteiger partial charge on any atom is 0.180 e. The summed E-state index contributed by atoms with van der Waals surface area (Å²) >= 11 is 0. The van der Waals surface area contributed by atoms with Crippen LogP contribution in [0.5, 0.6) is 5.75 Å². The van der Waals surface area contributed by atoms with Crippen molar-refractivity contribution in [3.8, 4) is 5.75 Å². The maximum absolute atomic E-state index is 12.8. The van der Waals surface area contributed by atoms with Gasteiger partial charge >= 0.3 is 0 Å². The van der Waals surface area contributed by atoms with Crippen LogP contribution in [0.4, 0.5) is 4.39 Å². The Kier molecular flexibility index (Phi) is 3.93. The largest absolute Gasteiger partial charge is 0.507 e. The molecule has 0 aliphatic carbocycles. The zero-order valence-electron chi connectivity index (χ0n) is 10.4. The van der Waals surface area contributed by atoms with E-state index in [9.17, 15) is 14.3 Å². The fourth-order valence-corrected chi connectivity index (χ4v) is 2.03. The lowest BCUT2D eigenvalue weighted by atomic mass is 10.1. The van der Waals surface area contributed by atoms with Gasteiger partial charge in [-0.15, -0.1) is 0 Å². The van der Waals surface area contributed by atoms with E-state index < -0.39 is 5.82 Å². The second-order valence-electron chi connectivity index (χ2n) is 4.66. The summed E-state index contributed by atoms with van der Waals surface area (Å²) in [6, 6.07) is 3.50. The number of Topliss-reactive ketones (excluding diaryl/α,β-unsaturated/α-hetero) is 1. The molecule has 0 atom stereocenters. The number of halogens is 1. The number of likely N-dealkylation sites (N-methyl/N-ethyl adjacent to an activating group) is 1. The number of benzene rings is 1. The number of phenolic OH excluding ortho intramolecular Hbond substituents is 1. The molecule has 2 rings (SSSR count). The number of hydrogen-bond acceptors (Lipinski definition) is 4. The van der Waals surface area contributed by atoms with Crippen molar-refractivity contribution in [1.82, 2.24) is 9.80 Å². The van der Waals surface area contributed by atoms with Gasteiger partial charge in [-0.05, 0) is 19.2 Å². The van der Waals surface area contributed by atoms with Crippen LogP contribution < -0.4 is 0 Å². The SMILES string of the molecule is CN1CCN(CC(=O)c2ccc(F)cc2O)CC1. The first kappa shape index (κ1) is 13.0. The summed E-state index contributed by atoms with van der Waals surface area (Å²) < 4.78 is 12.8. The van der Waals surface area contributed by atoms with Gasteiger partial charge in [0, 0.05) is 32.2 Å². The fraction of sp³-hybridized carbons (Fsp3) is 0.462. The van der Waals surface area contributed by atoms with Gasteiger partial charge in [-0.2, -0.15) is 0 Å². The summed E-state index contributed by atoms with van der Waals surface area (Å²) in [5.41, 5.74) is 0.190. The van der Waals surface area contributed by atoms with Gasteiger partial charge < -0.3 is 10.0 Å². The molecule has 4 nitrogen and oxygen atoms in total. The highest BCUT2D eigenvalue weighted by Gasteiger charge is 2.19. The number of hydrogen-bond donors (Lipinski definition) is 1. The van der Waals surface area contributed by atoms with E-state index in [0.717, 1.165) is 32.2 Å². The number of phenols is 1. The summed E-state index contributed by atoms with van der Waals surface area (Å²) in [6.07, 6.45) is 0. The Morgan fingerprint density at radius 2 is 2.00 bits per heavy atom. The molecule has 0 radical (unpaired) electrons. The molecule has 1 aromatic carbocycles. The van der Waals surface area contributed by atoms with Crippen LogP contribution in [0.25, 0.3) is 0 Å². The Hall–Kier alpha value is -1.46. The van der Waals surface area contributed by atoms with Gasteiger partial charge in [0.15, 0.2) is 5.78 Å². The van der Waals surface area contributed by atoms with Crippen molar-refractivity contribution >= 4 is 5.78 Å². The van der Waals surface area contributed by atoms with E-state index in [1.807, 2.05) is 11.9 Å². The van der Waals surface area contributed by atoms with E-state index in [2.05, 4.69) is 4.90 Å². The van der Waals surface area contributed by atoms with Crippen LogP contribution in [0, 0.1) is 5.82 Å². The van der Waals surface area contributed by atoms with Gasteiger partial charge in [-0.25, -0.2) is 4.39 Å². The van der Waals surface area contributed by atoms with Gasteiger partial charge in [0.1, 0.15) is 11.6 Å². The van der Waals surface area contributed by atoms with Gasteiger partial charge in [0.25, 0.3) is 0 Å². The summed E-state index contributed by atoms with van der Waals surface area (Å²) in [6.45, 7) is 3.81. The van der Waals surface area contributed by atoms with Gasteiger partial charge in [0.05, 0.1) is 12.1 Å². The molecule has 98 valence electrons. The molecule has 0 bridgehead atoms. The first-order valence-corrected chi connectivity index (χ1v) is 5.99. The Labute approximate surface area is 106 Å². The maximum atomic E-state index is 12.8. The van der Waals surface area contributed by atoms with Crippen LogP contribution in [0.3, 0.4) is 0 Å². The number of nitrogens with zero attached hydrogens (tertiary/aromatic N) is 2. The predicted octanol–water partition coefficient (Wildman–Crippen LogP) is 0.961. The summed E-state index contributed by atoms with van der Waals surface area (Å²) in [4.78, 5) is 16.2. The third kappa shape index (κ3) is 3.05. The minimum Gasteiger partial charge on any atom is -0.507 e. The standard InChI is InChI=1S/C13H17FN2O2/c1-15-4-6-16(7-5-15)9-13(18)11-3-2-10(14)8-12(11)17/h2-3,8,17H,4-7,9H2,1H3. The predicted molar refractivity (Wildman–Crippen MR) is 66.3 cm³/mol. The van der Waals surface area contributed by atoms with Crippen LogP contribution in [-0.2, 0) is 0 Å². The number of ketones is 1. The Morgan fingerprint density at radius 1 is 1.33 bits per heavy atom. The highest BCUT2D eigenvalue weighted by molar-refractivity contribution is 5.99. The summed E-state index contributed by atoms with van der Waals surface area (Å²) in [5, 5.41) is 9.55. The summed E-state index contributed by atoms with van der Waals surface area (Å²) in [5.74, 6) is -0.991. The number of piperazine rings is 1. The molecule has 1 heterocycles.